The maximum Gasteiger partial charge on any atom is 0.0541 e. The minimum Gasteiger partial charge on any atom is -0.309 e. The minimum absolute atomic E-state index is 0.0628. The molecule has 1 nitrogen and oxygen atoms in total. The number of benzene rings is 8. The van der Waals surface area contributed by atoms with E-state index in [0.29, 0.717) is 0 Å². The second-order valence-corrected chi connectivity index (χ2v) is 15.4. The molecule has 0 N–H and O–H groups in total. The van der Waals surface area contributed by atoms with Crippen molar-refractivity contribution in [2.45, 2.75) is 32.1 Å². The normalized spacial score (nSPS) is 13.6. The summed E-state index contributed by atoms with van der Waals surface area (Å²) in [7, 11) is 0. The Bertz CT molecular complexity index is 3060. The molecule has 0 saturated carbocycles. The third kappa shape index (κ3) is 4.03. The van der Waals surface area contributed by atoms with E-state index in [9.17, 15) is 0 Å². The summed E-state index contributed by atoms with van der Waals surface area (Å²) in [5.41, 5.74) is 12.0. The smallest absolute Gasteiger partial charge is 0.0541 e. The molecule has 11 rings (SSSR count). The Morgan fingerprint density at radius 3 is 2.04 bits per heavy atom. The first-order valence-electron chi connectivity index (χ1n) is 18.2. The van der Waals surface area contributed by atoms with E-state index in [4.69, 9.17) is 0 Å². The molecule has 2 heteroatoms. The number of hydrogen-bond donors (Lipinski definition) is 0. The minimum atomic E-state index is 0.0628. The fraction of sp³-hybridized carbons (Fsp3) is 0.102. The van der Waals surface area contributed by atoms with Gasteiger partial charge in [0.25, 0.3) is 0 Å². The van der Waals surface area contributed by atoms with Crippen LogP contribution in [0.2, 0.25) is 0 Å². The van der Waals surface area contributed by atoms with Crippen LogP contribution in [0.4, 0.5) is 0 Å². The fourth-order valence-corrected chi connectivity index (χ4v) is 10.6. The molecule has 8 aromatic carbocycles. The zero-order chi connectivity index (χ0) is 33.8. The molecule has 0 fully saturated rings. The Hall–Kier alpha value is -5.70. The summed E-state index contributed by atoms with van der Waals surface area (Å²) in [6, 6.07) is 57.4. The van der Waals surface area contributed by atoms with Crippen molar-refractivity contribution < 1.29 is 0 Å². The van der Waals surface area contributed by atoms with E-state index in [1.165, 1.54) is 103 Å². The molecule has 2 heterocycles. The lowest BCUT2D eigenvalue weighted by Gasteiger charge is -2.30. The first kappa shape index (κ1) is 29.1. The van der Waals surface area contributed by atoms with E-state index in [-0.39, 0.29) is 5.41 Å². The van der Waals surface area contributed by atoms with Gasteiger partial charge in [-0.15, -0.1) is 11.3 Å². The highest BCUT2D eigenvalue weighted by molar-refractivity contribution is 7.25. The molecule has 51 heavy (non-hydrogen) atoms. The molecule has 0 bridgehead atoms. The van der Waals surface area contributed by atoms with Gasteiger partial charge in [0.2, 0.25) is 0 Å². The van der Waals surface area contributed by atoms with Crippen LogP contribution in [0.1, 0.15) is 37.8 Å². The third-order valence-corrected chi connectivity index (χ3v) is 13.1. The van der Waals surface area contributed by atoms with Gasteiger partial charge < -0.3 is 4.57 Å². The molecule has 1 aliphatic rings. The van der Waals surface area contributed by atoms with Gasteiger partial charge in [-0.2, -0.15) is 0 Å². The average Bonchev–Trinajstić information content (AvgIpc) is 3.81. The summed E-state index contributed by atoms with van der Waals surface area (Å²) in [6.07, 6.45) is 2.20. The lowest BCUT2D eigenvalue weighted by Crippen LogP contribution is -2.23. The molecule has 0 amide bonds. The number of hydrogen-bond acceptors (Lipinski definition) is 1. The van der Waals surface area contributed by atoms with Crippen molar-refractivity contribution >= 4 is 74.9 Å². The predicted molar refractivity (Wildman–Crippen MR) is 221 cm³/mol. The second kappa shape index (κ2) is 10.7. The monoisotopic (exact) mass is 669 g/mol. The Morgan fingerprint density at radius 1 is 0.451 bits per heavy atom. The van der Waals surface area contributed by atoms with Crippen LogP contribution in [0.5, 0.6) is 0 Å². The number of para-hydroxylation sites is 1. The van der Waals surface area contributed by atoms with Gasteiger partial charge in [0.05, 0.1) is 11.0 Å². The van der Waals surface area contributed by atoms with Crippen molar-refractivity contribution in [2.75, 3.05) is 0 Å². The van der Waals surface area contributed by atoms with Gasteiger partial charge in [-0.25, -0.2) is 0 Å². The van der Waals surface area contributed by atoms with E-state index < -0.39 is 0 Å². The van der Waals surface area contributed by atoms with Crippen LogP contribution in [0, 0.1) is 0 Å². The van der Waals surface area contributed by atoms with E-state index >= 15 is 0 Å². The first-order chi connectivity index (χ1) is 25.1. The van der Waals surface area contributed by atoms with E-state index in [1.54, 1.807) is 0 Å². The zero-order valence-corrected chi connectivity index (χ0v) is 29.5. The molecule has 0 aliphatic heterocycles. The summed E-state index contributed by atoms with van der Waals surface area (Å²) in [5.74, 6) is 0. The first-order valence-corrected chi connectivity index (χ1v) is 19.0. The molecule has 10 aromatic rings. The highest BCUT2D eigenvalue weighted by Gasteiger charge is 2.40. The van der Waals surface area contributed by atoms with Crippen LogP contribution in [0.15, 0.2) is 152 Å². The molecular formula is C49H35NS. The average molecular weight is 670 g/mol. The molecule has 242 valence electrons. The molecule has 0 spiro atoms. The topological polar surface area (TPSA) is 4.93 Å². The summed E-state index contributed by atoms with van der Waals surface area (Å²) in [4.78, 5) is 0. The van der Waals surface area contributed by atoms with Gasteiger partial charge in [0.1, 0.15) is 0 Å². The molecule has 0 saturated heterocycles. The van der Waals surface area contributed by atoms with E-state index in [0.717, 1.165) is 12.8 Å². The van der Waals surface area contributed by atoms with Crippen LogP contribution in [0.3, 0.4) is 0 Å². The summed E-state index contributed by atoms with van der Waals surface area (Å²) < 4.78 is 5.15. The van der Waals surface area contributed by atoms with Gasteiger partial charge in [-0.05, 0) is 134 Å². The van der Waals surface area contributed by atoms with Crippen LogP contribution in [-0.4, -0.2) is 4.57 Å². The number of nitrogens with zero attached hydrogens (tertiary/aromatic N) is 1. The number of rotatable bonds is 4. The largest absolute Gasteiger partial charge is 0.309 e. The van der Waals surface area contributed by atoms with Crippen molar-refractivity contribution in [1.29, 1.82) is 0 Å². The standard InChI is InChI=1S/C49H35NS/c1-3-49(4-2)43-14-8-5-11-37(43)38-21-18-32(28-44(38)49)31-19-22-46-41(26-31)39-12-6-9-15-45(39)50(46)36-20-17-30-23-34-27-42-40-13-7-10-16-47(40)51-48(42)29-35(34)24-33(30)25-36/h5-29H,3-4H2,1-2H3. The zero-order valence-electron chi connectivity index (χ0n) is 28.7. The van der Waals surface area contributed by atoms with Gasteiger partial charge in [0, 0.05) is 42.0 Å². The maximum atomic E-state index is 2.49. The van der Waals surface area contributed by atoms with Gasteiger partial charge in [-0.3, -0.25) is 0 Å². The Labute approximate surface area is 301 Å². The van der Waals surface area contributed by atoms with Crippen LogP contribution < -0.4 is 0 Å². The Morgan fingerprint density at radius 2 is 1.14 bits per heavy atom. The molecule has 1 aliphatic carbocycles. The summed E-state index contributed by atoms with van der Waals surface area (Å²) in [6.45, 7) is 4.70. The van der Waals surface area contributed by atoms with E-state index in [1.807, 2.05) is 11.3 Å². The van der Waals surface area contributed by atoms with Crippen molar-refractivity contribution in [3.05, 3.63) is 163 Å². The highest BCUT2D eigenvalue weighted by Crippen LogP contribution is 2.53. The van der Waals surface area contributed by atoms with Crippen LogP contribution >= 0.6 is 11.3 Å². The van der Waals surface area contributed by atoms with E-state index in [2.05, 4.69) is 170 Å². The Kier molecular flexibility index (Phi) is 6.07. The molecule has 0 atom stereocenters. The highest BCUT2D eigenvalue weighted by atomic mass is 32.1. The Balaban J connectivity index is 1.06. The lowest BCUT2D eigenvalue weighted by atomic mass is 9.73. The maximum absolute atomic E-state index is 2.49. The van der Waals surface area contributed by atoms with Gasteiger partial charge >= 0.3 is 0 Å². The quantitative estimate of drug-likeness (QED) is 0.164. The van der Waals surface area contributed by atoms with Crippen molar-refractivity contribution in [3.63, 3.8) is 0 Å². The number of aromatic nitrogens is 1. The number of thiophene rings is 1. The van der Waals surface area contributed by atoms with Crippen molar-refractivity contribution in [3.8, 4) is 27.9 Å². The second-order valence-electron chi connectivity index (χ2n) is 14.4. The molecule has 2 aromatic heterocycles. The molecule has 0 unspecified atom stereocenters. The summed E-state index contributed by atoms with van der Waals surface area (Å²) in [5, 5.41) is 10.4. The fourth-order valence-electron chi connectivity index (χ4n) is 9.42. The van der Waals surface area contributed by atoms with Gasteiger partial charge in [0.15, 0.2) is 0 Å². The van der Waals surface area contributed by atoms with Crippen molar-refractivity contribution in [1.82, 2.24) is 4.57 Å². The SMILES string of the molecule is CCC1(CC)c2ccccc2-c2ccc(-c3ccc4c(c3)c3ccccc3n4-c3ccc4cc5cc6c(cc5cc4c3)sc3ccccc36)cc21. The molecule has 0 radical (unpaired) electrons. The molecular weight excluding hydrogens is 635 g/mol. The van der Waals surface area contributed by atoms with Crippen LogP contribution in [0.25, 0.3) is 91.5 Å². The number of fused-ring (bicyclic) bond motifs is 11. The summed E-state index contributed by atoms with van der Waals surface area (Å²) >= 11 is 1.89. The van der Waals surface area contributed by atoms with Crippen molar-refractivity contribution in [2.24, 2.45) is 0 Å². The van der Waals surface area contributed by atoms with Crippen LogP contribution in [-0.2, 0) is 5.41 Å². The third-order valence-electron chi connectivity index (χ3n) is 12.0. The lowest BCUT2D eigenvalue weighted by molar-refractivity contribution is 0.490. The predicted octanol–water partition coefficient (Wildman–Crippen LogP) is 14.2. The van der Waals surface area contributed by atoms with Gasteiger partial charge in [-0.1, -0.05) is 98.8 Å².